The summed E-state index contributed by atoms with van der Waals surface area (Å²) in [5, 5.41) is 5.94. The summed E-state index contributed by atoms with van der Waals surface area (Å²) in [6.07, 6.45) is 0. The van der Waals surface area contributed by atoms with Gasteiger partial charge in [-0.1, -0.05) is 51.3 Å². The van der Waals surface area contributed by atoms with Crippen LogP contribution in [-0.2, 0) is 0 Å². The minimum atomic E-state index is -0.279. The summed E-state index contributed by atoms with van der Waals surface area (Å²) in [6, 6.07) is 12.6. The molecule has 0 radical (unpaired) electrons. The molecule has 0 unspecified atom stereocenters. The molecule has 0 saturated carbocycles. The third kappa shape index (κ3) is 3.93. The van der Waals surface area contributed by atoms with Gasteiger partial charge >= 0.3 is 0 Å². The van der Waals surface area contributed by atoms with E-state index in [-0.39, 0.29) is 5.91 Å². The van der Waals surface area contributed by atoms with Gasteiger partial charge in [0.15, 0.2) is 5.13 Å². The summed E-state index contributed by atoms with van der Waals surface area (Å²) in [5.41, 5.74) is 2.21. The molecular formula is C16H9BrCl2N2OS. The molecule has 3 aromatic rings. The fraction of sp³-hybridized carbons (Fsp3) is 0. The number of carbonyl (C=O) groups excluding carboxylic acids is 1. The Balaban J connectivity index is 1.78. The minimum absolute atomic E-state index is 0.279. The number of hydrogen-bond acceptors (Lipinski definition) is 3. The van der Waals surface area contributed by atoms with E-state index in [1.54, 1.807) is 12.1 Å². The SMILES string of the molecule is O=C(Nc1nc(-c2cccc(Br)c2)cs1)c1ccc(Cl)c(Cl)c1. The molecule has 0 aliphatic heterocycles. The second-order valence-electron chi connectivity index (χ2n) is 4.63. The van der Waals surface area contributed by atoms with Crippen molar-refractivity contribution in [2.45, 2.75) is 0 Å². The van der Waals surface area contributed by atoms with Crippen molar-refractivity contribution in [3.63, 3.8) is 0 Å². The number of benzene rings is 2. The molecule has 2 aromatic carbocycles. The second kappa shape index (κ2) is 7.01. The van der Waals surface area contributed by atoms with Crippen LogP contribution in [0.1, 0.15) is 10.4 Å². The van der Waals surface area contributed by atoms with E-state index >= 15 is 0 Å². The molecule has 1 N–H and O–H groups in total. The molecule has 3 rings (SSSR count). The summed E-state index contributed by atoms with van der Waals surface area (Å²) >= 11 is 16.6. The highest BCUT2D eigenvalue weighted by Gasteiger charge is 2.11. The smallest absolute Gasteiger partial charge is 0.257 e. The predicted octanol–water partition coefficient (Wildman–Crippen LogP) is 6.13. The quantitative estimate of drug-likeness (QED) is 0.546. The summed E-state index contributed by atoms with van der Waals surface area (Å²) in [4.78, 5) is 16.7. The zero-order chi connectivity index (χ0) is 16.4. The Bertz CT molecular complexity index is 882. The Hall–Kier alpha value is -1.40. The van der Waals surface area contributed by atoms with Crippen LogP contribution in [0, 0.1) is 0 Å². The van der Waals surface area contributed by atoms with Gasteiger partial charge in [-0.05, 0) is 30.3 Å². The van der Waals surface area contributed by atoms with Crippen LogP contribution in [0.2, 0.25) is 10.0 Å². The van der Waals surface area contributed by atoms with Crippen molar-refractivity contribution in [2.24, 2.45) is 0 Å². The van der Waals surface area contributed by atoms with Gasteiger partial charge in [-0.15, -0.1) is 11.3 Å². The summed E-state index contributed by atoms with van der Waals surface area (Å²) in [7, 11) is 0. The van der Waals surface area contributed by atoms with Gasteiger partial charge in [0.05, 0.1) is 15.7 Å². The van der Waals surface area contributed by atoms with E-state index in [1.165, 1.54) is 17.4 Å². The molecule has 0 spiro atoms. The normalized spacial score (nSPS) is 10.6. The Kier molecular flexibility index (Phi) is 5.02. The van der Waals surface area contributed by atoms with E-state index in [9.17, 15) is 4.79 Å². The van der Waals surface area contributed by atoms with E-state index in [2.05, 4.69) is 26.2 Å². The average Bonchev–Trinajstić information content (AvgIpc) is 2.98. The highest BCUT2D eigenvalue weighted by molar-refractivity contribution is 9.10. The van der Waals surface area contributed by atoms with Gasteiger partial charge in [0.1, 0.15) is 0 Å². The van der Waals surface area contributed by atoms with E-state index in [0.717, 1.165) is 15.7 Å². The number of hydrogen-bond donors (Lipinski definition) is 1. The summed E-state index contributed by atoms with van der Waals surface area (Å²) in [5.74, 6) is -0.279. The first-order valence-corrected chi connectivity index (χ1v) is 8.93. The number of thiazole rings is 1. The molecule has 0 bridgehead atoms. The van der Waals surface area contributed by atoms with E-state index in [1.807, 2.05) is 29.6 Å². The first kappa shape index (κ1) is 16.5. The Morgan fingerprint density at radius 3 is 2.70 bits per heavy atom. The number of amides is 1. The van der Waals surface area contributed by atoms with Gasteiger partial charge in [-0.3, -0.25) is 10.1 Å². The first-order chi connectivity index (χ1) is 11.0. The third-order valence-corrected chi connectivity index (χ3v) is 5.02. The maximum absolute atomic E-state index is 12.2. The molecule has 1 amide bonds. The van der Waals surface area contributed by atoms with Crippen molar-refractivity contribution in [3.05, 3.63) is 67.9 Å². The monoisotopic (exact) mass is 426 g/mol. The van der Waals surface area contributed by atoms with Crippen molar-refractivity contribution in [2.75, 3.05) is 5.32 Å². The van der Waals surface area contributed by atoms with Crippen molar-refractivity contribution in [1.82, 2.24) is 4.98 Å². The summed E-state index contributed by atoms with van der Waals surface area (Å²) in [6.45, 7) is 0. The summed E-state index contributed by atoms with van der Waals surface area (Å²) < 4.78 is 0.976. The second-order valence-corrected chi connectivity index (χ2v) is 7.22. The van der Waals surface area contributed by atoms with Crippen molar-refractivity contribution in [3.8, 4) is 11.3 Å². The van der Waals surface area contributed by atoms with Crippen LogP contribution in [0.3, 0.4) is 0 Å². The van der Waals surface area contributed by atoms with Crippen LogP contribution in [0.25, 0.3) is 11.3 Å². The average molecular weight is 428 g/mol. The van der Waals surface area contributed by atoms with Crippen LogP contribution in [-0.4, -0.2) is 10.9 Å². The van der Waals surface area contributed by atoms with E-state index in [4.69, 9.17) is 23.2 Å². The highest BCUT2D eigenvalue weighted by atomic mass is 79.9. The lowest BCUT2D eigenvalue weighted by molar-refractivity contribution is 0.102. The third-order valence-electron chi connectivity index (χ3n) is 3.03. The topological polar surface area (TPSA) is 42.0 Å². The predicted molar refractivity (Wildman–Crippen MR) is 99.7 cm³/mol. The first-order valence-electron chi connectivity index (χ1n) is 6.51. The zero-order valence-electron chi connectivity index (χ0n) is 11.5. The number of nitrogens with zero attached hydrogens (tertiary/aromatic N) is 1. The molecule has 7 heteroatoms. The lowest BCUT2D eigenvalue weighted by Gasteiger charge is -2.03. The number of anilines is 1. The molecule has 116 valence electrons. The van der Waals surface area contributed by atoms with Crippen LogP contribution in [0.15, 0.2) is 52.3 Å². The molecule has 0 fully saturated rings. The molecule has 23 heavy (non-hydrogen) atoms. The molecule has 1 heterocycles. The molecule has 0 saturated heterocycles. The van der Waals surface area contributed by atoms with Crippen LogP contribution in [0.5, 0.6) is 0 Å². The largest absolute Gasteiger partial charge is 0.298 e. The zero-order valence-corrected chi connectivity index (χ0v) is 15.4. The standard InChI is InChI=1S/C16H9BrCl2N2OS/c17-11-3-1-2-9(6-11)14-8-23-16(20-14)21-15(22)10-4-5-12(18)13(19)7-10/h1-8H,(H,20,21,22). The van der Waals surface area contributed by atoms with Gasteiger partial charge in [-0.2, -0.15) is 0 Å². The van der Waals surface area contributed by atoms with Crippen molar-refractivity contribution in [1.29, 1.82) is 0 Å². The maximum atomic E-state index is 12.2. The number of nitrogens with one attached hydrogen (secondary N) is 1. The minimum Gasteiger partial charge on any atom is -0.298 e. The van der Waals surface area contributed by atoms with Gasteiger partial charge < -0.3 is 0 Å². The Labute approximate surface area is 155 Å². The molecule has 0 aliphatic rings. The van der Waals surface area contributed by atoms with Gasteiger partial charge in [0, 0.05) is 21.0 Å². The Morgan fingerprint density at radius 2 is 1.96 bits per heavy atom. The van der Waals surface area contributed by atoms with Gasteiger partial charge in [0.25, 0.3) is 5.91 Å². The molecule has 3 nitrogen and oxygen atoms in total. The lowest BCUT2D eigenvalue weighted by atomic mass is 10.2. The molecule has 1 aromatic heterocycles. The molecule has 0 aliphatic carbocycles. The van der Waals surface area contributed by atoms with Crippen LogP contribution in [0.4, 0.5) is 5.13 Å². The van der Waals surface area contributed by atoms with Crippen LogP contribution >= 0.6 is 50.5 Å². The lowest BCUT2D eigenvalue weighted by Crippen LogP contribution is -2.11. The molecule has 0 atom stereocenters. The van der Waals surface area contributed by atoms with Gasteiger partial charge in [-0.25, -0.2) is 4.98 Å². The van der Waals surface area contributed by atoms with Crippen molar-refractivity contribution >= 4 is 61.5 Å². The van der Waals surface area contributed by atoms with Crippen molar-refractivity contribution < 1.29 is 4.79 Å². The van der Waals surface area contributed by atoms with E-state index < -0.39 is 0 Å². The Morgan fingerprint density at radius 1 is 1.13 bits per heavy atom. The highest BCUT2D eigenvalue weighted by Crippen LogP contribution is 2.28. The van der Waals surface area contributed by atoms with Gasteiger partial charge in [0.2, 0.25) is 0 Å². The fourth-order valence-corrected chi connectivity index (χ4v) is 3.33. The number of aromatic nitrogens is 1. The van der Waals surface area contributed by atoms with E-state index in [0.29, 0.717) is 20.7 Å². The number of halogens is 3. The maximum Gasteiger partial charge on any atom is 0.257 e. The molecular weight excluding hydrogens is 419 g/mol. The number of rotatable bonds is 3. The van der Waals surface area contributed by atoms with Crippen LogP contribution < -0.4 is 5.32 Å². The number of carbonyl (C=O) groups is 1. The fourth-order valence-electron chi connectivity index (χ4n) is 1.92.